The summed E-state index contributed by atoms with van der Waals surface area (Å²) in [5, 5.41) is 0.294. The zero-order valence-electron chi connectivity index (χ0n) is 18.6. The quantitative estimate of drug-likeness (QED) is 0.178. The summed E-state index contributed by atoms with van der Waals surface area (Å²) in [5.74, 6) is 0.806. The van der Waals surface area contributed by atoms with Crippen molar-refractivity contribution >= 4 is 79.1 Å². The first-order valence-electron chi connectivity index (χ1n) is 10.7. The molecule has 9 heteroatoms. The zero-order valence-corrected chi connectivity index (χ0v) is 23.9. The van der Waals surface area contributed by atoms with E-state index in [4.69, 9.17) is 21.1 Å². The molecule has 0 unspecified atom stereocenters. The van der Waals surface area contributed by atoms with Gasteiger partial charge in [0, 0.05) is 8.59 Å². The van der Waals surface area contributed by atoms with E-state index in [1.54, 1.807) is 30.3 Å². The van der Waals surface area contributed by atoms with Gasteiger partial charge in [-0.1, -0.05) is 35.9 Å². The van der Waals surface area contributed by atoms with Gasteiger partial charge in [-0.2, -0.15) is 0 Å². The minimum atomic E-state index is -0.330. The first-order valence-corrected chi connectivity index (χ1v) is 13.7. The Hall–Kier alpha value is -2.01. The molecule has 1 aliphatic heterocycles. The first-order chi connectivity index (χ1) is 16.8. The lowest BCUT2D eigenvalue weighted by Crippen LogP contribution is -2.27. The van der Waals surface area contributed by atoms with E-state index in [1.807, 2.05) is 43.3 Å². The largest absolute Gasteiger partial charge is 0.490 e. The maximum Gasteiger partial charge on any atom is 0.293 e. The molecule has 35 heavy (non-hydrogen) atoms. The Morgan fingerprint density at radius 2 is 1.71 bits per heavy atom. The van der Waals surface area contributed by atoms with Gasteiger partial charge in [-0.15, -0.1) is 0 Å². The van der Waals surface area contributed by atoms with Gasteiger partial charge >= 0.3 is 0 Å². The van der Waals surface area contributed by atoms with Crippen LogP contribution in [-0.4, -0.2) is 22.7 Å². The predicted molar refractivity (Wildman–Crippen MR) is 152 cm³/mol. The monoisotopic (exact) mass is 683 g/mol. The molecule has 4 rings (SSSR count). The number of halogens is 3. The number of amides is 2. The van der Waals surface area contributed by atoms with Crippen LogP contribution in [0.2, 0.25) is 5.02 Å². The molecule has 0 spiro atoms. The number of hydrogen-bond donors (Lipinski definition) is 0. The molecule has 1 fully saturated rings. The van der Waals surface area contributed by atoms with E-state index in [9.17, 15) is 9.59 Å². The first kappa shape index (κ1) is 26.1. The maximum absolute atomic E-state index is 13.0. The number of hydrogen-bond acceptors (Lipinski definition) is 5. The van der Waals surface area contributed by atoms with E-state index < -0.39 is 0 Å². The third-order valence-corrected chi connectivity index (χ3v) is 7.52. The summed E-state index contributed by atoms with van der Waals surface area (Å²) in [6.07, 6.45) is 1.70. The summed E-state index contributed by atoms with van der Waals surface area (Å²) in [6, 6.07) is 18.8. The minimum Gasteiger partial charge on any atom is -0.490 e. The fourth-order valence-electron chi connectivity index (χ4n) is 3.37. The molecule has 0 saturated carbocycles. The number of rotatable bonds is 8. The molecular weight excluding hydrogens is 665 g/mol. The molecule has 0 N–H and O–H groups in total. The van der Waals surface area contributed by atoms with Gasteiger partial charge in [0.25, 0.3) is 11.1 Å². The van der Waals surface area contributed by atoms with Crippen LogP contribution in [0.3, 0.4) is 0 Å². The summed E-state index contributed by atoms with van der Waals surface area (Å²) in [7, 11) is 0. The van der Waals surface area contributed by atoms with Crippen molar-refractivity contribution in [2.75, 3.05) is 6.61 Å². The van der Waals surface area contributed by atoms with E-state index >= 15 is 0 Å². The van der Waals surface area contributed by atoms with Crippen molar-refractivity contribution < 1.29 is 19.1 Å². The molecule has 0 aliphatic carbocycles. The van der Waals surface area contributed by atoms with Crippen LogP contribution in [0.5, 0.6) is 11.5 Å². The maximum atomic E-state index is 13.0. The molecule has 180 valence electrons. The second-order valence-corrected chi connectivity index (χ2v) is 11.1. The molecule has 0 atom stereocenters. The molecule has 3 aromatic carbocycles. The lowest BCUT2D eigenvalue weighted by molar-refractivity contribution is -0.123. The molecule has 1 saturated heterocycles. The highest BCUT2D eigenvalue weighted by molar-refractivity contribution is 14.1. The van der Waals surface area contributed by atoms with E-state index in [1.165, 1.54) is 4.90 Å². The lowest BCUT2D eigenvalue weighted by Gasteiger charge is -2.15. The standard InChI is InChI=1S/C26H20BrClINO4S/c1-2-33-22-12-18(11-21(27)24(22)34-15-17-5-9-20(29)10-6-17)13-23-25(31)30(26(32)35-23)14-16-3-7-19(28)8-4-16/h3-13H,2,14-15H2,1H3/b23-13+. The molecule has 0 radical (unpaired) electrons. The predicted octanol–water partition coefficient (Wildman–Crippen LogP) is 7.92. The average molecular weight is 685 g/mol. The van der Waals surface area contributed by atoms with Gasteiger partial charge in [0.05, 0.1) is 22.5 Å². The van der Waals surface area contributed by atoms with Crippen LogP contribution < -0.4 is 9.47 Å². The number of benzene rings is 3. The number of carbonyl (C=O) groups excluding carboxylic acids is 2. The van der Waals surface area contributed by atoms with Crippen molar-refractivity contribution in [2.45, 2.75) is 20.1 Å². The van der Waals surface area contributed by atoms with E-state index in [0.717, 1.165) is 32.0 Å². The van der Waals surface area contributed by atoms with Crippen molar-refractivity contribution in [1.82, 2.24) is 4.90 Å². The van der Waals surface area contributed by atoms with Crippen LogP contribution in [0.25, 0.3) is 6.08 Å². The van der Waals surface area contributed by atoms with E-state index in [-0.39, 0.29) is 17.7 Å². The molecule has 2 amide bonds. The Balaban J connectivity index is 1.54. The van der Waals surface area contributed by atoms with Gasteiger partial charge in [0.1, 0.15) is 6.61 Å². The molecular formula is C26H20BrClINO4S. The molecule has 1 heterocycles. The lowest BCUT2D eigenvalue weighted by atomic mass is 10.1. The van der Waals surface area contributed by atoms with Crippen molar-refractivity contribution in [3.63, 3.8) is 0 Å². The number of imide groups is 1. The summed E-state index contributed by atoms with van der Waals surface area (Å²) >= 11 is 12.7. The zero-order chi connectivity index (χ0) is 24.9. The van der Waals surface area contributed by atoms with Crippen molar-refractivity contribution in [2.24, 2.45) is 0 Å². The number of carbonyl (C=O) groups is 2. The second kappa shape index (κ2) is 11.8. The van der Waals surface area contributed by atoms with Gasteiger partial charge in [-0.25, -0.2) is 0 Å². The highest BCUT2D eigenvalue weighted by Gasteiger charge is 2.35. The minimum absolute atomic E-state index is 0.193. The second-order valence-electron chi connectivity index (χ2n) is 7.57. The van der Waals surface area contributed by atoms with Crippen LogP contribution >= 0.6 is 61.9 Å². The summed E-state index contributed by atoms with van der Waals surface area (Å²) < 4.78 is 13.7. The Bertz CT molecular complexity index is 1280. The fourth-order valence-corrected chi connectivity index (χ4v) is 5.27. The van der Waals surface area contributed by atoms with Gasteiger partial charge in [0.2, 0.25) is 0 Å². The number of nitrogens with zero attached hydrogens (tertiary/aromatic N) is 1. The topological polar surface area (TPSA) is 55.8 Å². The van der Waals surface area contributed by atoms with Gasteiger partial charge in [0.15, 0.2) is 11.5 Å². The number of thioether (sulfide) groups is 1. The number of ether oxygens (including phenoxy) is 2. The SMILES string of the molecule is CCOc1cc(/C=C2/SC(=O)N(Cc3ccc(Cl)cc3)C2=O)cc(Br)c1OCc1ccc(I)cc1. The Kier molecular flexibility index (Phi) is 8.80. The van der Waals surface area contributed by atoms with Crippen molar-refractivity contribution in [3.8, 4) is 11.5 Å². The summed E-state index contributed by atoms with van der Waals surface area (Å²) in [4.78, 5) is 27.1. The van der Waals surface area contributed by atoms with Gasteiger partial charge < -0.3 is 9.47 Å². The van der Waals surface area contributed by atoms with Crippen LogP contribution in [-0.2, 0) is 17.9 Å². The molecule has 1 aliphatic rings. The summed E-state index contributed by atoms with van der Waals surface area (Å²) in [5.41, 5.74) is 2.59. The van der Waals surface area contributed by atoms with Crippen LogP contribution in [0.15, 0.2) is 70.0 Å². The highest BCUT2D eigenvalue weighted by Crippen LogP contribution is 2.40. The molecule has 3 aromatic rings. The average Bonchev–Trinajstić information content (AvgIpc) is 3.08. The Morgan fingerprint density at radius 1 is 1.03 bits per heavy atom. The van der Waals surface area contributed by atoms with Crippen LogP contribution in [0.1, 0.15) is 23.6 Å². The smallest absolute Gasteiger partial charge is 0.293 e. The molecule has 0 aromatic heterocycles. The Labute approximate surface area is 235 Å². The van der Waals surface area contributed by atoms with Gasteiger partial charge in [-0.05, 0) is 116 Å². The Morgan fingerprint density at radius 3 is 2.40 bits per heavy atom. The van der Waals surface area contributed by atoms with Crippen LogP contribution in [0.4, 0.5) is 4.79 Å². The van der Waals surface area contributed by atoms with E-state index in [2.05, 4.69) is 38.5 Å². The third-order valence-electron chi connectivity index (χ3n) is 5.05. The van der Waals surface area contributed by atoms with Gasteiger partial charge in [-0.3, -0.25) is 14.5 Å². The molecule has 5 nitrogen and oxygen atoms in total. The van der Waals surface area contributed by atoms with E-state index in [0.29, 0.717) is 39.1 Å². The third kappa shape index (κ3) is 6.61. The molecule has 0 bridgehead atoms. The fraction of sp³-hybridized carbons (Fsp3) is 0.154. The van der Waals surface area contributed by atoms with Crippen molar-refractivity contribution in [1.29, 1.82) is 0 Å². The van der Waals surface area contributed by atoms with Crippen LogP contribution in [0, 0.1) is 3.57 Å². The highest BCUT2D eigenvalue weighted by atomic mass is 127. The summed E-state index contributed by atoms with van der Waals surface area (Å²) in [6.45, 7) is 2.93. The normalized spacial score (nSPS) is 14.6. The van der Waals surface area contributed by atoms with Crippen molar-refractivity contribution in [3.05, 3.63) is 95.3 Å².